The van der Waals surface area contributed by atoms with E-state index in [1.165, 1.54) is 0 Å². The molecule has 0 radical (unpaired) electrons. The SMILES string of the molecule is Cc1cccc(S(=O)(=O)N2CCc3c(c(COCc4ccccc4)nn3C)C2)c1. The molecule has 2 heterocycles. The van der Waals surface area contributed by atoms with Gasteiger partial charge in [0, 0.05) is 37.8 Å². The van der Waals surface area contributed by atoms with Gasteiger partial charge in [0.2, 0.25) is 10.0 Å². The molecule has 7 heteroatoms. The molecule has 0 unspecified atom stereocenters. The molecular weight excluding hydrogens is 386 g/mol. The molecule has 1 aromatic heterocycles. The number of aromatic nitrogens is 2. The first kappa shape index (κ1) is 19.8. The van der Waals surface area contributed by atoms with E-state index in [2.05, 4.69) is 5.10 Å². The van der Waals surface area contributed by atoms with Crippen LogP contribution in [-0.4, -0.2) is 29.0 Å². The molecule has 6 nitrogen and oxygen atoms in total. The highest BCUT2D eigenvalue weighted by Gasteiger charge is 2.31. The van der Waals surface area contributed by atoms with Crippen molar-refractivity contribution in [1.29, 1.82) is 0 Å². The highest BCUT2D eigenvalue weighted by molar-refractivity contribution is 7.89. The number of nitrogens with zero attached hydrogens (tertiary/aromatic N) is 3. The van der Waals surface area contributed by atoms with Gasteiger partial charge in [-0.1, -0.05) is 42.5 Å². The third kappa shape index (κ3) is 4.12. The second kappa shape index (κ2) is 8.10. The molecule has 152 valence electrons. The van der Waals surface area contributed by atoms with E-state index < -0.39 is 10.0 Å². The van der Waals surface area contributed by atoms with Crippen LogP contribution in [0.25, 0.3) is 0 Å². The lowest BCUT2D eigenvalue weighted by atomic mass is 10.1. The van der Waals surface area contributed by atoms with E-state index in [0.717, 1.165) is 28.1 Å². The van der Waals surface area contributed by atoms with Crippen molar-refractivity contribution in [1.82, 2.24) is 14.1 Å². The van der Waals surface area contributed by atoms with Gasteiger partial charge in [0.05, 0.1) is 23.8 Å². The first-order valence-electron chi connectivity index (χ1n) is 9.67. The van der Waals surface area contributed by atoms with Crippen LogP contribution in [-0.2, 0) is 48.0 Å². The van der Waals surface area contributed by atoms with Crippen molar-refractivity contribution in [2.75, 3.05) is 6.54 Å². The normalized spacial score (nSPS) is 14.7. The molecule has 0 saturated carbocycles. The summed E-state index contributed by atoms with van der Waals surface area (Å²) in [7, 11) is -1.64. The monoisotopic (exact) mass is 411 g/mol. The number of hydrogen-bond acceptors (Lipinski definition) is 4. The maximum Gasteiger partial charge on any atom is 0.243 e. The Balaban J connectivity index is 1.52. The minimum Gasteiger partial charge on any atom is -0.370 e. The van der Waals surface area contributed by atoms with E-state index in [1.807, 2.05) is 55.1 Å². The molecule has 0 atom stereocenters. The number of aryl methyl sites for hydroxylation is 2. The average Bonchev–Trinajstić information content (AvgIpc) is 3.04. The predicted molar refractivity (Wildman–Crippen MR) is 111 cm³/mol. The van der Waals surface area contributed by atoms with E-state index in [0.29, 0.717) is 37.6 Å². The van der Waals surface area contributed by atoms with Crippen LogP contribution in [0.1, 0.15) is 28.1 Å². The summed E-state index contributed by atoms with van der Waals surface area (Å²) >= 11 is 0. The summed E-state index contributed by atoms with van der Waals surface area (Å²) in [5.74, 6) is 0. The van der Waals surface area contributed by atoms with Crippen LogP contribution in [0.2, 0.25) is 0 Å². The van der Waals surface area contributed by atoms with Crippen molar-refractivity contribution in [2.24, 2.45) is 7.05 Å². The van der Waals surface area contributed by atoms with Crippen molar-refractivity contribution in [2.45, 2.75) is 38.0 Å². The largest absolute Gasteiger partial charge is 0.370 e. The number of rotatable bonds is 6. The lowest BCUT2D eigenvalue weighted by Gasteiger charge is -2.27. The Morgan fingerprint density at radius 3 is 2.62 bits per heavy atom. The van der Waals surface area contributed by atoms with Gasteiger partial charge in [-0.15, -0.1) is 0 Å². The number of ether oxygens (including phenoxy) is 1. The summed E-state index contributed by atoms with van der Waals surface area (Å²) in [5.41, 5.74) is 4.88. The molecule has 0 N–H and O–H groups in total. The van der Waals surface area contributed by atoms with Crippen LogP contribution in [0, 0.1) is 6.92 Å². The van der Waals surface area contributed by atoms with E-state index in [1.54, 1.807) is 22.5 Å². The van der Waals surface area contributed by atoms with Gasteiger partial charge in [-0.05, 0) is 30.2 Å². The van der Waals surface area contributed by atoms with Crippen molar-refractivity contribution < 1.29 is 13.2 Å². The van der Waals surface area contributed by atoms with E-state index in [4.69, 9.17) is 4.74 Å². The first-order valence-corrected chi connectivity index (χ1v) is 11.1. The third-order valence-electron chi connectivity index (χ3n) is 5.27. The Hall–Kier alpha value is -2.48. The highest BCUT2D eigenvalue weighted by atomic mass is 32.2. The summed E-state index contributed by atoms with van der Waals surface area (Å²) in [4.78, 5) is 0.340. The summed E-state index contributed by atoms with van der Waals surface area (Å²) in [6.45, 7) is 3.53. The minimum atomic E-state index is -3.54. The fraction of sp³-hybridized carbons (Fsp3) is 0.318. The molecular formula is C22H25N3O3S. The molecule has 1 aliphatic heterocycles. The predicted octanol–water partition coefficient (Wildman–Crippen LogP) is 3.19. The Morgan fingerprint density at radius 2 is 1.86 bits per heavy atom. The maximum atomic E-state index is 13.1. The lowest BCUT2D eigenvalue weighted by Crippen LogP contribution is -2.36. The molecule has 0 saturated heterocycles. The number of fused-ring (bicyclic) bond motifs is 1. The molecule has 0 bridgehead atoms. The number of benzene rings is 2. The van der Waals surface area contributed by atoms with Crippen molar-refractivity contribution in [3.05, 3.63) is 82.7 Å². The molecule has 1 aliphatic rings. The minimum absolute atomic E-state index is 0.323. The van der Waals surface area contributed by atoms with Gasteiger partial charge < -0.3 is 4.74 Å². The van der Waals surface area contributed by atoms with Crippen LogP contribution in [0.15, 0.2) is 59.5 Å². The Morgan fingerprint density at radius 1 is 1.07 bits per heavy atom. The average molecular weight is 412 g/mol. The Bertz CT molecular complexity index is 1110. The van der Waals surface area contributed by atoms with E-state index in [9.17, 15) is 8.42 Å². The Labute approximate surface area is 171 Å². The molecule has 29 heavy (non-hydrogen) atoms. The zero-order chi connectivity index (χ0) is 20.4. The van der Waals surface area contributed by atoms with Gasteiger partial charge in [-0.2, -0.15) is 9.40 Å². The fourth-order valence-electron chi connectivity index (χ4n) is 3.73. The highest BCUT2D eigenvalue weighted by Crippen LogP contribution is 2.27. The zero-order valence-corrected chi connectivity index (χ0v) is 17.5. The Kier molecular flexibility index (Phi) is 5.54. The van der Waals surface area contributed by atoms with Gasteiger partial charge in [0.15, 0.2) is 0 Å². The molecule has 0 fully saturated rings. The summed E-state index contributed by atoms with van der Waals surface area (Å²) in [5, 5.41) is 4.60. The molecule has 0 aliphatic carbocycles. The van der Waals surface area contributed by atoms with Crippen molar-refractivity contribution >= 4 is 10.0 Å². The quantitative estimate of drug-likeness (QED) is 0.625. The van der Waals surface area contributed by atoms with Gasteiger partial charge in [-0.3, -0.25) is 4.68 Å². The number of hydrogen-bond donors (Lipinski definition) is 0. The third-order valence-corrected chi connectivity index (χ3v) is 7.11. The summed E-state index contributed by atoms with van der Waals surface area (Å²) < 4.78 is 35.5. The smallest absolute Gasteiger partial charge is 0.243 e. The van der Waals surface area contributed by atoms with Crippen LogP contribution in [0.5, 0.6) is 0 Å². The van der Waals surface area contributed by atoms with Crippen LogP contribution in [0.4, 0.5) is 0 Å². The summed E-state index contributed by atoms with van der Waals surface area (Å²) in [6.07, 6.45) is 0.641. The van der Waals surface area contributed by atoms with Crippen molar-refractivity contribution in [3.63, 3.8) is 0 Å². The second-order valence-electron chi connectivity index (χ2n) is 7.38. The molecule has 0 amide bonds. The number of sulfonamides is 1. The van der Waals surface area contributed by atoms with Gasteiger partial charge in [0.1, 0.15) is 0 Å². The van der Waals surface area contributed by atoms with Crippen LogP contribution in [0.3, 0.4) is 0 Å². The van der Waals surface area contributed by atoms with Gasteiger partial charge in [0.25, 0.3) is 0 Å². The zero-order valence-electron chi connectivity index (χ0n) is 16.7. The van der Waals surface area contributed by atoms with Crippen molar-refractivity contribution in [3.8, 4) is 0 Å². The standard InChI is InChI=1S/C22H25N3O3S/c1-17-7-6-10-19(13-17)29(26,27)25-12-11-22-20(14-25)21(23-24(22)2)16-28-15-18-8-4-3-5-9-18/h3-10,13H,11-12,14-16H2,1-2H3. The maximum absolute atomic E-state index is 13.1. The topological polar surface area (TPSA) is 64.4 Å². The molecule has 2 aromatic carbocycles. The molecule has 0 spiro atoms. The van der Waals surface area contributed by atoms with Crippen LogP contribution >= 0.6 is 0 Å². The molecule has 4 rings (SSSR count). The summed E-state index contributed by atoms with van der Waals surface area (Å²) in [6, 6.07) is 17.0. The lowest BCUT2D eigenvalue weighted by molar-refractivity contribution is 0.103. The van der Waals surface area contributed by atoms with Crippen LogP contribution < -0.4 is 0 Å². The van der Waals surface area contributed by atoms with Gasteiger partial charge in [-0.25, -0.2) is 8.42 Å². The second-order valence-corrected chi connectivity index (χ2v) is 9.32. The fourth-order valence-corrected chi connectivity index (χ4v) is 5.24. The molecule has 3 aromatic rings. The van der Waals surface area contributed by atoms with Gasteiger partial charge >= 0.3 is 0 Å². The van der Waals surface area contributed by atoms with E-state index >= 15 is 0 Å². The van der Waals surface area contributed by atoms with E-state index in [-0.39, 0.29) is 0 Å². The first-order chi connectivity index (χ1) is 13.9.